The molecule has 0 unspecified atom stereocenters. The second kappa shape index (κ2) is 15.8. The summed E-state index contributed by atoms with van der Waals surface area (Å²) in [6, 6.07) is 0. The van der Waals surface area contributed by atoms with Gasteiger partial charge in [-0.1, -0.05) is 26.7 Å². The first-order valence-corrected chi connectivity index (χ1v) is 11.9. The molecule has 0 bridgehead atoms. The van der Waals surface area contributed by atoms with Gasteiger partial charge in [0, 0.05) is 7.11 Å². The van der Waals surface area contributed by atoms with Crippen molar-refractivity contribution in [3.05, 3.63) is 0 Å². The Kier molecular flexibility index (Phi) is 15.7. The molecule has 0 radical (unpaired) electrons. The Bertz CT molecular complexity index is 404. The molecule has 1 N–H and O–H groups in total. The molecule has 0 amide bonds. The van der Waals surface area contributed by atoms with Crippen LogP contribution in [-0.4, -0.2) is 76.3 Å². The van der Waals surface area contributed by atoms with E-state index in [0.29, 0.717) is 26.2 Å². The summed E-state index contributed by atoms with van der Waals surface area (Å²) < 4.78 is 42.6. The molecular weight excluding hydrogens is 354 g/mol. The van der Waals surface area contributed by atoms with Gasteiger partial charge in [-0.15, -0.1) is 0 Å². The van der Waals surface area contributed by atoms with E-state index in [-0.39, 0.29) is 5.75 Å². The Hall–Kier alpha value is -0.210. The quantitative estimate of drug-likeness (QED) is 0.205. The van der Waals surface area contributed by atoms with E-state index in [0.717, 1.165) is 37.1 Å². The maximum atomic E-state index is 11.0. The first-order chi connectivity index (χ1) is 12.4. The summed E-state index contributed by atoms with van der Waals surface area (Å²) in [7, 11) is -2.18. The van der Waals surface area contributed by atoms with Gasteiger partial charge < -0.3 is 14.0 Å². The zero-order valence-corrected chi connectivity index (χ0v) is 18.1. The number of unbranched alkanes of at least 4 members (excludes halogenated alkanes) is 5. The highest BCUT2D eigenvalue weighted by Crippen LogP contribution is 2.16. The van der Waals surface area contributed by atoms with Crippen LogP contribution in [-0.2, 0) is 19.6 Å². The average Bonchev–Trinajstić information content (AvgIpc) is 2.58. The van der Waals surface area contributed by atoms with Gasteiger partial charge in [0.25, 0.3) is 10.1 Å². The molecule has 0 aromatic rings. The highest BCUT2D eigenvalue weighted by molar-refractivity contribution is 7.85. The third kappa shape index (κ3) is 14.9. The monoisotopic (exact) mass is 396 g/mol. The Morgan fingerprint density at radius 1 is 0.769 bits per heavy atom. The van der Waals surface area contributed by atoms with Crippen LogP contribution in [0.2, 0.25) is 0 Å². The minimum atomic E-state index is -3.86. The molecule has 0 aromatic heterocycles. The summed E-state index contributed by atoms with van der Waals surface area (Å²) in [5, 5.41) is 0. The minimum absolute atomic E-state index is 0.138. The lowest BCUT2D eigenvalue weighted by Crippen LogP contribution is -2.52. The molecule has 6 nitrogen and oxygen atoms in total. The van der Waals surface area contributed by atoms with Crippen LogP contribution in [0.5, 0.6) is 0 Å². The summed E-state index contributed by atoms with van der Waals surface area (Å²) >= 11 is 0. The fraction of sp³-hybridized carbons (Fsp3) is 1.00. The Balaban J connectivity index is 4.73. The van der Waals surface area contributed by atoms with Crippen molar-refractivity contribution in [1.82, 2.24) is 0 Å². The Morgan fingerprint density at radius 2 is 1.31 bits per heavy atom. The molecule has 0 aliphatic heterocycles. The standard InChI is InChI=1S/C19H41NO5S/c1-4-6-8-12-20(13-9-7-5-2,15-16-25-18-17-24-3)14-10-11-19-26(21,22)23/h4-19H2,1-3H3/p+1. The predicted octanol–water partition coefficient (Wildman–Crippen LogP) is 3.51. The average molecular weight is 397 g/mol. The van der Waals surface area contributed by atoms with E-state index < -0.39 is 10.1 Å². The lowest BCUT2D eigenvalue weighted by atomic mass is 10.1. The first-order valence-electron chi connectivity index (χ1n) is 10.3. The summed E-state index contributed by atoms with van der Waals surface area (Å²) in [5.41, 5.74) is 0. The number of hydrogen-bond donors (Lipinski definition) is 1. The summed E-state index contributed by atoms with van der Waals surface area (Å²) in [6.45, 7) is 10.5. The molecule has 0 atom stereocenters. The van der Waals surface area contributed by atoms with Crippen molar-refractivity contribution in [3.8, 4) is 0 Å². The Labute approximate surface area is 161 Å². The Morgan fingerprint density at radius 3 is 1.77 bits per heavy atom. The van der Waals surface area contributed by atoms with Crippen molar-refractivity contribution in [2.45, 2.75) is 65.2 Å². The van der Waals surface area contributed by atoms with Crippen molar-refractivity contribution >= 4 is 10.1 Å². The van der Waals surface area contributed by atoms with Crippen LogP contribution >= 0.6 is 0 Å². The first kappa shape index (κ1) is 25.8. The van der Waals surface area contributed by atoms with Crippen LogP contribution in [0, 0.1) is 0 Å². The van der Waals surface area contributed by atoms with Gasteiger partial charge in [0.1, 0.15) is 6.54 Å². The maximum absolute atomic E-state index is 11.0. The number of nitrogens with zero attached hydrogens (tertiary/aromatic N) is 1. The van der Waals surface area contributed by atoms with Crippen molar-refractivity contribution < 1.29 is 26.9 Å². The van der Waals surface area contributed by atoms with Gasteiger partial charge in [-0.25, -0.2) is 0 Å². The van der Waals surface area contributed by atoms with Crippen LogP contribution in [0.1, 0.15) is 65.2 Å². The SMILES string of the molecule is CCCCC[N+](CCCCC)(CCCCS(=O)(=O)O)CCOCCOC. The second-order valence-corrected chi connectivity index (χ2v) is 8.82. The molecule has 0 aliphatic rings. The van der Waals surface area contributed by atoms with E-state index in [1.54, 1.807) is 7.11 Å². The van der Waals surface area contributed by atoms with E-state index in [1.165, 1.54) is 38.5 Å². The fourth-order valence-corrected chi connectivity index (χ4v) is 3.87. The van der Waals surface area contributed by atoms with Crippen LogP contribution in [0.3, 0.4) is 0 Å². The largest absolute Gasteiger partial charge is 0.382 e. The number of ether oxygens (including phenoxy) is 2. The maximum Gasteiger partial charge on any atom is 0.264 e. The van der Waals surface area contributed by atoms with Gasteiger partial charge >= 0.3 is 0 Å². The van der Waals surface area contributed by atoms with Crippen LogP contribution < -0.4 is 0 Å². The third-order valence-corrected chi connectivity index (χ3v) is 5.70. The number of quaternary nitrogens is 1. The molecule has 26 heavy (non-hydrogen) atoms. The van der Waals surface area contributed by atoms with E-state index >= 15 is 0 Å². The fourth-order valence-electron chi connectivity index (χ4n) is 3.30. The molecule has 0 saturated heterocycles. The van der Waals surface area contributed by atoms with Crippen molar-refractivity contribution in [1.29, 1.82) is 0 Å². The van der Waals surface area contributed by atoms with Crippen molar-refractivity contribution in [3.63, 3.8) is 0 Å². The molecule has 0 aromatic carbocycles. The normalized spacial score (nSPS) is 12.6. The van der Waals surface area contributed by atoms with E-state index in [2.05, 4.69) is 13.8 Å². The van der Waals surface area contributed by atoms with Gasteiger partial charge in [-0.3, -0.25) is 4.55 Å². The predicted molar refractivity (Wildman–Crippen MR) is 107 cm³/mol. The zero-order chi connectivity index (χ0) is 19.7. The lowest BCUT2D eigenvalue weighted by molar-refractivity contribution is -0.929. The number of hydrogen-bond acceptors (Lipinski definition) is 4. The van der Waals surface area contributed by atoms with E-state index in [1.807, 2.05) is 0 Å². The minimum Gasteiger partial charge on any atom is -0.382 e. The van der Waals surface area contributed by atoms with Crippen LogP contribution in [0.25, 0.3) is 0 Å². The molecule has 0 aliphatic carbocycles. The van der Waals surface area contributed by atoms with Crippen molar-refractivity contribution in [2.24, 2.45) is 0 Å². The van der Waals surface area contributed by atoms with E-state index in [4.69, 9.17) is 14.0 Å². The molecule has 0 heterocycles. The van der Waals surface area contributed by atoms with Crippen molar-refractivity contribution in [2.75, 3.05) is 58.9 Å². The third-order valence-electron chi connectivity index (χ3n) is 4.90. The van der Waals surface area contributed by atoms with Crippen LogP contribution in [0.15, 0.2) is 0 Å². The summed E-state index contributed by atoms with van der Waals surface area (Å²) in [6.07, 6.45) is 8.57. The molecule has 0 saturated carbocycles. The molecule has 0 rings (SSSR count). The summed E-state index contributed by atoms with van der Waals surface area (Å²) in [4.78, 5) is 0. The molecule has 158 valence electrons. The van der Waals surface area contributed by atoms with Gasteiger partial charge in [-0.05, 0) is 38.5 Å². The highest BCUT2D eigenvalue weighted by Gasteiger charge is 2.26. The van der Waals surface area contributed by atoms with Gasteiger partial charge in [0.05, 0.1) is 45.2 Å². The molecule has 7 heteroatoms. The zero-order valence-electron chi connectivity index (χ0n) is 17.2. The number of methoxy groups -OCH3 is 1. The topological polar surface area (TPSA) is 72.8 Å². The van der Waals surface area contributed by atoms with Gasteiger partial charge in [0.15, 0.2) is 0 Å². The molecule has 0 spiro atoms. The molecule has 0 fully saturated rings. The second-order valence-electron chi connectivity index (χ2n) is 7.25. The molecular formula is C19H42NO5S+. The van der Waals surface area contributed by atoms with Gasteiger partial charge in [-0.2, -0.15) is 8.42 Å². The van der Waals surface area contributed by atoms with E-state index in [9.17, 15) is 8.42 Å². The van der Waals surface area contributed by atoms with Gasteiger partial charge in [0.2, 0.25) is 0 Å². The van der Waals surface area contributed by atoms with Crippen LogP contribution in [0.4, 0.5) is 0 Å². The highest BCUT2D eigenvalue weighted by atomic mass is 32.2. The lowest BCUT2D eigenvalue weighted by Gasteiger charge is -2.39. The summed E-state index contributed by atoms with van der Waals surface area (Å²) in [5.74, 6) is -0.138. The smallest absolute Gasteiger partial charge is 0.264 e. The number of rotatable bonds is 19.